The highest BCUT2D eigenvalue weighted by Gasteiger charge is 2.13. The molecule has 0 fully saturated rings. The molecule has 2 aromatic rings. The van der Waals surface area contributed by atoms with Crippen molar-refractivity contribution in [1.29, 1.82) is 0 Å². The van der Waals surface area contributed by atoms with E-state index in [4.69, 9.17) is 52.1 Å². The molecule has 2 N–H and O–H groups in total. The van der Waals surface area contributed by atoms with Gasteiger partial charge in [0.1, 0.15) is 0 Å². The third kappa shape index (κ3) is 3.77. The second-order valence-electron chi connectivity index (χ2n) is 4.21. The Balaban J connectivity index is 2.25. The van der Waals surface area contributed by atoms with Crippen molar-refractivity contribution in [2.75, 3.05) is 0 Å². The maximum atomic E-state index is 6.17. The monoisotopic (exact) mass is 333 g/mol. The van der Waals surface area contributed by atoms with Crippen molar-refractivity contribution in [2.24, 2.45) is 5.73 Å². The molecular weight excluding hydrogens is 324 g/mol. The molecule has 100 valence electrons. The van der Waals surface area contributed by atoms with Gasteiger partial charge in [0.15, 0.2) is 0 Å². The lowest BCUT2D eigenvalue weighted by atomic mass is 9.99. The Labute approximate surface area is 132 Å². The summed E-state index contributed by atoms with van der Waals surface area (Å²) in [6.07, 6.45) is 0.566. The number of halogens is 4. The summed E-state index contributed by atoms with van der Waals surface area (Å²) in [5.41, 5.74) is 7.90. The van der Waals surface area contributed by atoms with E-state index >= 15 is 0 Å². The van der Waals surface area contributed by atoms with E-state index in [9.17, 15) is 0 Å². The van der Waals surface area contributed by atoms with Crippen LogP contribution in [-0.2, 0) is 6.42 Å². The summed E-state index contributed by atoms with van der Waals surface area (Å²) < 4.78 is 0. The Morgan fingerprint density at radius 3 is 2.16 bits per heavy atom. The van der Waals surface area contributed by atoms with Gasteiger partial charge < -0.3 is 5.73 Å². The minimum atomic E-state index is -0.273. The average Bonchev–Trinajstić information content (AvgIpc) is 2.35. The summed E-state index contributed by atoms with van der Waals surface area (Å²) in [5.74, 6) is 0. The van der Waals surface area contributed by atoms with Crippen molar-refractivity contribution in [3.63, 3.8) is 0 Å². The van der Waals surface area contributed by atoms with E-state index in [-0.39, 0.29) is 6.04 Å². The van der Waals surface area contributed by atoms with Gasteiger partial charge in [-0.15, -0.1) is 0 Å². The SMILES string of the molecule is NC(Cc1ccc(Cl)cc1Cl)c1cc(Cl)ccc1Cl. The number of benzene rings is 2. The zero-order chi connectivity index (χ0) is 14.0. The fourth-order valence-corrected chi connectivity index (χ4v) is 2.76. The molecule has 0 aliphatic rings. The summed E-state index contributed by atoms with van der Waals surface area (Å²) in [5, 5.41) is 2.41. The van der Waals surface area contributed by atoms with Crippen molar-refractivity contribution in [3.8, 4) is 0 Å². The summed E-state index contributed by atoms with van der Waals surface area (Å²) in [6.45, 7) is 0. The predicted molar refractivity (Wildman–Crippen MR) is 83.6 cm³/mol. The van der Waals surface area contributed by atoms with Crippen LogP contribution in [0.2, 0.25) is 20.1 Å². The van der Waals surface area contributed by atoms with Gasteiger partial charge in [-0.2, -0.15) is 0 Å². The van der Waals surface area contributed by atoms with E-state index in [2.05, 4.69) is 0 Å². The molecule has 0 aromatic heterocycles. The summed E-state index contributed by atoms with van der Waals surface area (Å²) >= 11 is 24.1. The normalized spacial score (nSPS) is 12.5. The molecule has 0 amide bonds. The van der Waals surface area contributed by atoms with Gasteiger partial charge in [0.05, 0.1) is 0 Å². The summed E-state index contributed by atoms with van der Waals surface area (Å²) in [4.78, 5) is 0. The molecule has 1 unspecified atom stereocenters. The molecule has 2 aromatic carbocycles. The van der Waals surface area contributed by atoms with Crippen LogP contribution in [-0.4, -0.2) is 0 Å². The van der Waals surface area contributed by atoms with Gasteiger partial charge >= 0.3 is 0 Å². The number of rotatable bonds is 3. The lowest BCUT2D eigenvalue weighted by molar-refractivity contribution is 0.722. The van der Waals surface area contributed by atoms with Crippen LogP contribution in [0.25, 0.3) is 0 Å². The van der Waals surface area contributed by atoms with Crippen molar-refractivity contribution in [2.45, 2.75) is 12.5 Å². The van der Waals surface area contributed by atoms with Crippen LogP contribution in [0.15, 0.2) is 36.4 Å². The molecule has 0 saturated carbocycles. The molecular formula is C14H11Cl4N. The fraction of sp³-hybridized carbons (Fsp3) is 0.143. The van der Waals surface area contributed by atoms with Crippen molar-refractivity contribution >= 4 is 46.4 Å². The van der Waals surface area contributed by atoms with E-state index < -0.39 is 0 Å². The Hall–Kier alpha value is -0.440. The molecule has 5 heteroatoms. The Morgan fingerprint density at radius 2 is 1.47 bits per heavy atom. The first kappa shape index (κ1) is 15.0. The van der Waals surface area contributed by atoms with Gasteiger partial charge in [0, 0.05) is 26.1 Å². The topological polar surface area (TPSA) is 26.0 Å². The third-order valence-electron chi connectivity index (χ3n) is 2.81. The number of hydrogen-bond acceptors (Lipinski definition) is 1. The molecule has 0 spiro atoms. The van der Waals surface area contributed by atoms with Gasteiger partial charge in [-0.1, -0.05) is 52.5 Å². The Bertz CT molecular complexity index is 598. The van der Waals surface area contributed by atoms with Crippen LogP contribution in [0.4, 0.5) is 0 Å². The smallest absolute Gasteiger partial charge is 0.0454 e. The van der Waals surface area contributed by atoms with Crippen LogP contribution < -0.4 is 5.73 Å². The largest absolute Gasteiger partial charge is 0.324 e. The minimum Gasteiger partial charge on any atom is -0.324 e. The lowest BCUT2D eigenvalue weighted by Crippen LogP contribution is -2.14. The predicted octanol–water partition coefficient (Wildman–Crippen LogP) is 5.54. The first-order valence-electron chi connectivity index (χ1n) is 5.62. The van der Waals surface area contributed by atoms with Gasteiger partial charge in [0.25, 0.3) is 0 Å². The first-order valence-corrected chi connectivity index (χ1v) is 7.13. The molecule has 2 rings (SSSR count). The van der Waals surface area contributed by atoms with Crippen LogP contribution in [0.1, 0.15) is 17.2 Å². The van der Waals surface area contributed by atoms with Crippen molar-refractivity contribution < 1.29 is 0 Å². The van der Waals surface area contributed by atoms with Gasteiger partial charge in [0.2, 0.25) is 0 Å². The molecule has 0 radical (unpaired) electrons. The molecule has 0 heterocycles. The van der Waals surface area contributed by atoms with E-state index in [1.54, 1.807) is 30.3 Å². The van der Waals surface area contributed by atoms with Crippen molar-refractivity contribution in [1.82, 2.24) is 0 Å². The van der Waals surface area contributed by atoms with E-state index in [1.807, 2.05) is 6.07 Å². The zero-order valence-corrected chi connectivity index (χ0v) is 12.9. The van der Waals surface area contributed by atoms with Crippen LogP contribution >= 0.6 is 46.4 Å². The highest BCUT2D eigenvalue weighted by molar-refractivity contribution is 6.35. The maximum absolute atomic E-state index is 6.17. The first-order chi connectivity index (χ1) is 8.97. The van der Waals surface area contributed by atoms with Gasteiger partial charge in [-0.05, 0) is 47.9 Å². The van der Waals surface area contributed by atoms with E-state index in [0.29, 0.717) is 26.5 Å². The maximum Gasteiger partial charge on any atom is 0.0454 e. The quantitative estimate of drug-likeness (QED) is 0.783. The minimum absolute atomic E-state index is 0.273. The molecule has 1 nitrogen and oxygen atoms in total. The van der Waals surface area contributed by atoms with Crippen molar-refractivity contribution in [3.05, 3.63) is 67.6 Å². The second-order valence-corrected chi connectivity index (χ2v) is 5.90. The summed E-state index contributed by atoms with van der Waals surface area (Å²) in [7, 11) is 0. The number of hydrogen-bond donors (Lipinski definition) is 1. The van der Waals surface area contributed by atoms with Gasteiger partial charge in [-0.25, -0.2) is 0 Å². The van der Waals surface area contributed by atoms with E-state index in [0.717, 1.165) is 11.1 Å². The van der Waals surface area contributed by atoms with E-state index in [1.165, 1.54) is 0 Å². The molecule has 0 saturated heterocycles. The third-order valence-corrected chi connectivity index (χ3v) is 3.98. The van der Waals surface area contributed by atoms with Crippen LogP contribution in [0, 0.1) is 0 Å². The fourth-order valence-electron chi connectivity index (χ4n) is 1.83. The Morgan fingerprint density at radius 1 is 0.842 bits per heavy atom. The average molecular weight is 335 g/mol. The summed E-state index contributed by atoms with van der Waals surface area (Å²) in [6, 6.07) is 10.3. The molecule has 1 atom stereocenters. The molecule has 0 aliphatic heterocycles. The highest BCUT2D eigenvalue weighted by Crippen LogP contribution is 2.29. The Kier molecular flexibility index (Phi) is 4.99. The van der Waals surface area contributed by atoms with Gasteiger partial charge in [-0.3, -0.25) is 0 Å². The zero-order valence-electron chi connectivity index (χ0n) is 9.84. The highest BCUT2D eigenvalue weighted by atomic mass is 35.5. The molecule has 0 bridgehead atoms. The molecule has 19 heavy (non-hydrogen) atoms. The molecule has 0 aliphatic carbocycles. The lowest BCUT2D eigenvalue weighted by Gasteiger charge is -2.15. The standard InChI is InChI=1S/C14H11Cl4N/c15-9-3-4-12(17)11(6-9)14(19)5-8-1-2-10(16)7-13(8)18/h1-4,6-7,14H,5,19H2. The van der Waals surface area contributed by atoms with Crippen LogP contribution in [0.5, 0.6) is 0 Å². The number of nitrogens with two attached hydrogens (primary N) is 1. The second kappa shape index (κ2) is 6.34. The van der Waals surface area contributed by atoms with Crippen LogP contribution in [0.3, 0.4) is 0 Å².